The number of hydrogen-bond donors (Lipinski definition) is 1. The van der Waals surface area contributed by atoms with Gasteiger partial charge in [0.25, 0.3) is 0 Å². The van der Waals surface area contributed by atoms with Gasteiger partial charge in [0.2, 0.25) is 0 Å². The quantitative estimate of drug-likeness (QED) is 0.587. The Kier molecular flexibility index (Phi) is 3.57. The maximum atomic E-state index is 8.74. The number of hydrogen-bond acceptors (Lipinski definition) is 3. The summed E-state index contributed by atoms with van der Waals surface area (Å²) in [6.45, 7) is 2.52. The Morgan fingerprint density at radius 2 is 2.14 bits per heavy atom. The molecule has 14 heavy (non-hydrogen) atoms. The van der Waals surface area contributed by atoms with Gasteiger partial charge in [0.1, 0.15) is 11.8 Å². The molecule has 0 aromatic heterocycles. The molecule has 1 N–H and O–H groups in total. The molecule has 72 valence electrons. The molecule has 0 radical (unpaired) electrons. The molecule has 0 saturated carbocycles. The van der Waals surface area contributed by atoms with Crippen LogP contribution >= 0.6 is 0 Å². The van der Waals surface area contributed by atoms with Crippen molar-refractivity contribution in [2.75, 3.05) is 6.61 Å². The van der Waals surface area contributed by atoms with E-state index in [1.54, 1.807) is 24.3 Å². The molecule has 1 aromatic carbocycles. The molecule has 0 aliphatic rings. The summed E-state index contributed by atoms with van der Waals surface area (Å²) >= 11 is 0. The van der Waals surface area contributed by atoms with Crippen molar-refractivity contribution < 1.29 is 9.84 Å². The molecule has 0 spiro atoms. The molecule has 1 rings (SSSR count). The standard InChI is InChI=1S/C11H11NO2/c1-2-14-11-5-3-9(4-6-11)10(7-12)8-13/h3-6,8,13H,2H2,1H3/b10-8+. The maximum absolute atomic E-state index is 8.74. The predicted octanol–water partition coefficient (Wildman–Crippen LogP) is 2.51. The third-order valence-electron chi connectivity index (χ3n) is 1.73. The highest BCUT2D eigenvalue weighted by Gasteiger charge is 2.00. The SMILES string of the molecule is CCOc1ccc(/C(C#N)=C/O)cc1. The van der Waals surface area contributed by atoms with Crippen LogP contribution < -0.4 is 4.74 Å². The van der Waals surface area contributed by atoms with Crippen LogP contribution in [0.1, 0.15) is 12.5 Å². The molecule has 0 aliphatic heterocycles. The summed E-state index contributed by atoms with van der Waals surface area (Å²) in [5.41, 5.74) is 0.923. The van der Waals surface area contributed by atoms with E-state index < -0.39 is 0 Å². The Labute approximate surface area is 82.9 Å². The number of ether oxygens (including phenoxy) is 1. The zero-order valence-electron chi connectivity index (χ0n) is 7.90. The van der Waals surface area contributed by atoms with Crippen LogP contribution in [0, 0.1) is 11.3 Å². The summed E-state index contributed by atoms with van der Waals surface area (Å²) in [5, 5.41) is 17.4. The van der Waals surface area contributed by atoms with Crippen molar-refractivity contribution in [2.24, 2.45) is 0 Å². The molecule has 0 saturated heterocycles. The van der Waals surface area contributed by atoms with Gasteiger partial charge in [0, 0.05) is 0 Å². The minimum atomic E-state index is 0.244. The molecular formula is C11H11NO2. The average Bonchev–Trinajstić information content (AvgIpc) is 2.23. The third kappa shape index (κ3) is 2.27. The number of aliphatic hydroxyl groups excluding tert-OH is 1. The largest absolute Gasteiger partial charge is 0.514 e. The molecular weight excluding hydrogens is 178 g/mol. The lowest BCUT2D eigenvalue weighted by Crippen LogP contribution is -1.91. The summed E-state index contributed by atoms with van der Waals surface area (Å²) in [6.07, 6.45) is 0.801. The van der Waals surface area contributed by atoms with Gasteiger partial charge in [-0.1, -0.05) is 0 Å². The van der Waals surface area contributed by atoms with Gasteiger partial charge in [-0.15, -0.1) is 0 Å². The second kappa shape index (κ2) is 4.93. The maximum Gasteiger partial charge on any atom is 0.119 e. The van der Waals surface area contributed by atoms with Crippen molar-refractivity contribution >= 4 is 5.57 Å². The van der Waals surface area contributed by atoms with Crippen LogP contribution in [-0.2, 0) is 0 Å². The number of nitriles is 1. The fourth-order valence-electron chi connectivity index (χ4n) is 1.07. The van der Waals surface area contributed by atoms with Gasteiger partial charge in [-0.25, -0.2) is 0 Å². The third-order valence-corrected chi connectivity index (χ3v) is 1.73. The minimum Gasteiger partial charge on any atom is -0.514 e. The monoisotopic (exact) mass is 189 g/mol. The predicted molar refractivity (Wildman–Crippen MR) is 53.8 cm³/mol. The zero-order chi connectivity index (χ0) is 10.4. The van der Waals surface area contributed by atoms with Crippen molar-refractivity contribution in [1.29, 1.82) is 5.26 Å². The molecule has 0 heterocycles. The molecule has 0 amide bonds. The van der Waals surface area contributed by atoms with Crippen LogP contribution in [0.5, 0.6) is 5.75 Å². The van der Waals surface area contributed by atoms with E-state index in [4.69, 9.17) is 15.1 Å². The molecule has 0 unspecified atom stereocenters. The highest BCUT2D eigenvalue weighted by atomic mass is 16.5. The summed E-state index contributed by atoms with van der Waals surface area (Å²) in [5.74, 6) is 0.756. The highest BCUT2D eigenvalue weighted by Crippen LogP contribution is 2.17. The Morgan fingerprint density at radius 3 is 2.57 bits per heavy atom. The van der Waals surface area contributed by atoms with Crippen molar-refractivity contribution in [3.8, 4) is 11.8 Å². The first-order chi connectivity index (χ1) is 6.81. The fraction of sp³-hybridized carbons (Fsp3) is 0.182. The molecule has 0 fully saturated rings. The van der Waals surface area contributed by atoms with E-state index in [2.05, 4.69) is 0 Å². The summed E-state index contributed by atoms with van der Waals surface area (Å²) in [4.78, 5) is 0. The van der Waals surface area contributed by atoms with Crippen LogP contribution in [0.25, 0.3) is 5.57 Å². The number of aliphatic hydroxyl groups is 1. The number of benzene rings is 1. The lowest BCUT2D eigenvalue weighted by Gasteiger charge is -2.03. The second-order valence-corrected chi connectivity index (χ2v) is 2.61. The van der Waals surface area contributed by atoms with E-state index in [1.807, 2.05) is 13.0 Å². The lowest BCUT2D eigenvalue weighted by atomic mass is 10.1. The van der Waals surface area contributed by atoms with Gasteiger partial charge in [-0.05, 0) is 36.8 Å². The first-order valence-electron chi connectivity index (χ1n) is 4.29. The first kappa shape index (κ1) is 10.1. The Hall–Kier alpha value is -1.95. The zero-order valence-corrected chi connectivity index (χ0v) is 7.90. The summed E-state index contributed by atoms with van der Waals surface area (Å²) in [6, 6.07) is 8.88. The normalized spacial score (nSPS) is 10.7. The Balaban J connectivity index is 2.89. The van der Waals surface area contributed by atoms with Gasteiger partial charge in [0.05, 0.1) is 18.4 Å². The average molecular weight is 189 g/mol. The minimum absolute atomic E-state index is 0.244. The van der Waals surface area contributed by atoms with Crippen molar-refractivity contribution in [3.05, 3.63) is 36.1 Å². The second-order valence-electron chi connectivity index (χ2n) is 2.61. The number of nitrogens with zero attached hydrogens (tertiary/aromatic N) is 1. The fourth-order valence-corrected chi connectivity index (χ4v) is 1.07. The Morgan fingerprint density at radius 1 is 1.50 bits per heavy atom. The number of rotatable bonds is 3. The molecule has 3 heteroatoms. The van der Waals surface area contributed by atoms with Gasteiger partial charge in [-0.2, -0.15) is 5.26 Å². The van der Waals surface area contributed by atoms with Gasteiger partial charge in [-0.3, -0.25) is 0 Å². The van der Waals surface area contributed by atoms with E-state index in [0.717, 1.165) is 12.0 Å². The van der Waals surface area contributed by atoms with Gasteiger partial charge in [0.15, 0.2) is 0 Å². The van der Waals surface area contributed by atoms with Crippen LogP contribution in [0.2, 0.25) is 0 Å². The van der Waals surface area contributed by atoms with Crippen molar-refractivity contribution in [2.45, 2.75) is 6.92 Å². The van der Waals surface area contributed by atoms with Crippen LogP contribution in [0.15, 0.2) is 30.5 Å². The van der Waals surface area contributed by atoms with Crippen LogP contribution in [0.4, 0.5) is 0 Å². The van der Waals surface area contributed by atoms with Crippen LogP contribution in [-0.4, -0.2) is 11.7 Å². The first-order valence-corrected chi connectivity index (χ1v) is 4.29. The van der Waals surface area contributed by atoms with Crippen molar-refractivity contribution in [1.82, 2.24) is 0 Å². The summed E-state index contributed by atoms with van der Waals surface area (Å²) in [7, 11) is 0. The number of allylic oxidation sites excluding steroid dienone is 1. The van der Waals surface area contributed by atoms with E-state index in [-0.39, 0.29) is 5.57 Å². The molecule has 0 bridgehead atoms. The van der Waals surface area contributed by atoms with E-state index in [9.17, 15) is 0 Å². The van der Waals surface area contributed by atoms with Gasteiger partial charge >= 0.3 is 0 Å². The lowest BCUT2D eigenvalue weighted by molar-refractivity contribution is 0.340. The Bertz CT molecular complexity index is 360. The smallest absolute Gasteiger partial charge is 0.119 e. The highest BCUT2D eigenvalue weighted by molar-refractivity contribution is 5.75. The molecule has 1 aromatic rings. The van der Waals surface area contributed by atoms with Crippen molar-refractivity contribution in [3.63, 3.8) is 0 Å². The molecule has 3 nitrogen and oxygen atoms in total. The van der Waals surface area contributed by atoms with E-state index >= 15 is 0 Å². The van der Waals surface area contributed by atoms with Gasteiger partial charge < -0.3 is 9.84 Å². The summed E-state index contributed by atoms with van der Waals surface area (Å²) < 4.78 is 5.24. The van der Waals surface area contributed by atoms with Crippen LogP contribution in [0.3, 0.4) is 0 Å². The molecule has 0 aliphatic carbocycles. The topological polar surface area (TPSA) is 53.2 Å². The van der Waals surface area contributed by atoms with E-state index in [1.165, 1.54) is 0 Å². The van der Waals surface area contributed by atoms with E-state index in [0.29, 0.717) is 12.2 Å². The molecule has 0 atom stereocenters.